The van der Waals surface area contributed by atoms with E-state index in [-0.39, 0.29) is 23.2 Å². The number of benzene rings is 2. The number of anilines is 1. The zero-order chi connectivity index (χ0) is 20.7. The molecule has 3 heterocycles. The van der Waals surface area contributed by atoms with Gasteiger partial charge in [-0.2, -0.15) is 0 Å². The van der Waals surface area contributed by atoms with E-state index in [1.54, 1.807) is 6.07 Å². The maximum atomic E-state index is 13.9. The topological polar surface area (TPSA) is 37.3 Å². The van der Waals surface area contributed by atoms with E-state index in [1.165, 1.54) is 11.8 Å². The third-order valence-electron chi connectivity index (χ3n) is 6.67. The van der Waals surface area contributed by atoms with Crippen LogP contribution < -0.4 is 5.32 Å². The highest BCUT2D eigenvalue weighted by molar-refractivity contribution is 5.84. The maximum Gasteiger partial charge on any atom is 0.230 e. The van der Waals surface area contributed by atoms with Gasteiger partial charge in [0.25, 0.3) is 0 Å². The SMILES string of the molecule is CCC(C(=O)N1CCC2(CC1)Nc1cc(F)ccc1-n1cccc12)c1ccccc1. The van der Waals surface area contributed by atoms with E-state index in [0.29, 0.717) is 13.1 Å². The third-order valence-corrected chi connectivity index (χ3v) is 6.67. The first-order valence-electron chi connectivity index (χ1n) is 10.7. The molecular formula is C25H26FN3O. The average Bonchev–Trinajstić information content (AvgIpc) is 3.27. The van der Waals surface area contributed by atoms with E-state index in [2.05, 4.69) is 22.9 Å². The molecule has 1 fully saturated rings. The van der Waals surface area contributed by atoms with Gasteiger partial charge >= 0.3 is 0 Å². The lowest BCUT2D eigenvalue weighted by Crippen LogP contribution is -2.51. The van der Waals surface area contributed by atoms with Crippen molar-refractivity contribution in [3.63, 3.8) is 0 Å². The van der Waals surface area contributed by atoms with Gasteiger partial charge in [0.2, 0.25) is 5.91 Å². The van der Waals surface area contributed by atoms with Gasteiger partial charge in [0.1, 0.15) is 5.82 Å². The van der Waals surface area contributed by atoms with Crippen molar-refractivity contribution in [2.24, 2.45) is 0 Å². The van der Waals surface area contributed by atoms with Crippen LogP contribution in [-0.4, -0.2) is 28.5 Å². The minimum Gasteiger partial charge on any atom is -0.372 e. The fraction of sp³-hybridized carbons (Fsp3) is 0.320. The molecule has 1 saturated heterocycles. The van der Waals surface area contributed by atoms with Crippen LogP contribution in [0.25, 0.3) is 5.69 Å². The molecule has 1 N–H and O–H groups in total. The molecule has 30 heavy (non-hydrogen) atoms. The molecule has 1 spiro atoms. The van der Waals surface area contributed by atoms with E-state index in [4.69, 9.17) is 0 Å². The summed E-state index contributed by atoms with van der Waals surface area (Å²) in [6, 6.07) is 19.1. The molecule has 2 aromatic carbocycles. The van der Waals surface area contributed by atoms with Gasteiger partial charge in [-0.05, 0) is 55.2 Å². The maximum absolute atomic E-state index is 13.9. The Morgan fingerprint density at radius 2 is 1.87 bits per heavy atom. The van der Waals surface area contributed by atoms with E-state index in [1.807, 2.05) is 53.6 Å². The summed E-state index contributed by atoms with van der Waals surface area (Å²) in [4.78, 5) is 15.3. The van der Waals surface area contributed by atoms with Crippen LogP contribution >= 0.6 is 0 Å². The molecule has 0 radical (unpaired) electrons. The molecule has 1 aromatic heterocycles. The summed E-state index contributed by atoms with van der Waals surface area (Å²) >= 11 is 0. The molecule has 1 unspecified atom stereocenters. The zero-order valence-electron chi connectivity index (χ0n) is 17.1. The Morgan fingerprint density at radius 3 is 2.60 bits per heavy atom. The highest BCUT2D eigenvalue weighted by atomic mass is 19.1. The number of likely N-dealkylation sites (tertiary alicyclic amines) is 1. The van der Waals surface area contributed by atoms with Gasteiger partial charge in [0, 0.05) is 25.0 Å². The predicted octanol–water partition coefficient (Wildman–Crippen LogP) is 5.05. The Kier molecular flexibility index (Phi) is 4.61. The summed E-state index contributed by atoms with van der Waals surface area (Å²) in [5.74, 6) is -0.136. The molecule has 5 heteroatoms. The van der Waals surface area contributed by atoms with E-state index in [9.17, 15) is 9.18 Å². The van der Waals surface area contributed by atoms with Gasteiger partial charge in [0.15, 0.2) is 0 Å². The van der Waals surface area contributed by atoms with Crippen molar-refractivity contribution in [2.75, 3.05) is 18.4 Å². The predicted molar refractivity (Wildman–Crippen MR) is 116 cm³/mol. The quantitative estimate of drug-likeness (QED) is 0.664. The first-order chi connectivity index (χ1) is 14.6. The second-order valence-corrected chi connectivity index (χ2v) is 8.33. The highest BCUT2D eigenvalue weighted by Crippen LogP contribution is 2.44. The highest BCUT2D eigenvalue weighted by Gasteiger charge is 2.43. The fourth-order valence-electron chi connectivity index (χ4n) is 5.07. The molecule has 2 aliphatic rings. The minimum absolute atomic E-state index is 0.0988. The second kappa shape index (κ2) is 7.31. The van der Waals surface area contributed by atoms with Crippen molar-refractivity contribution in [1.82, 2.24) is 9.47 Å². The lowest BCUT2D eigenvalue weighted by Gasteiger charge is -2.46. The molecule has 0 bridgehead atoms. The second-order valence-electron chi connectivity index (χ2n) is 8.33. The van der Waals surface area contributed by atoms with Crippen LogP contribution in [0.3, 0.4) is 0 Å². The number of rotatable bonds is 3. The van der Waals surface area contributed by atoms with Crippen LogP contribution in [-0.2, 0) is 10.3 Å². The number of amides is 1. The van der Waals surface area contributed by atoms with Gasteiger partial charge in [-0.3, -0.25) is 4.79 Å². The van der Waals surface area contributed by atoms with Crippen LogP contribution in [0, 0.1) is 5.82 Å². The number of hydrogen-bond donors (Lipinski definition) is 1. The summed E-state index contributed by atoms with van der Waals surface area (Å²) in [6.07, 6.45) is 4.42. The molecular weight excluding hydrogens is 377 g/mol. The summed E-state index contributed by atoms with van der Waals surface area (Å²) in [5.41, 5.74) is 3.77. The van der Waals surface area contributed by atoms with E-state index < -0.39 is 0 Å². The Labute approximate surface area is 176 Å². The van der Waals surface area contributed by atoms with Crippen molar-refractivity contribution in [3.8, 4) is 5.69 Å². The number of halogens is 1. The van der Waals surface area contributed by atoms with Gasteiger partial charge < -0.3 is 14.8 Å². The molecule has 5 rings (SSSR count). The monoisotopic (exact) mass is 403 g/mol. The molecule has 154 valence electrons. The van der Waals surface area contributed by atoms with Gasteiger partial charge in [0.05, 0.1) is 22.8 Å². The number of piperidine rings is 1. The third kappa shape index (κ3) is 3.00. The van der Waals surface area contributed by atoms with Crippen LogP contribution in [0.2, 0.25) is 0 Å². The number of nitrogens with zero attached hydrogens (tertiary/aromatic N) is 2. The summed E-state index contributed by atoms with van der Waals surface area (Å²) in [7, 11) is 0. The zero-order valence-corrected chi connectivity index (χ0v) is 17.1. The van der Waals surface area contributed by atoms with Crippen molar-refractivity contribution in [2.45, 2.75) is 37.6 Å². The first-order valence-corrected chi connectivity index (χ1v) is 10.7. The summed E-state index contributed by atoms with van der Waals surface area (Å²) in [6.45, 7) is 3.44. The lowest BCUT2D eigenvalue weighted by atomic mass is 9.81. The standard InChI is InChI=1S/C25H26FN3O/c1-2-20(18-7-4-3-5-8-18)24(30)28-15-12-25(13-16-28)23-9-6-14-29(23)22-11-10-19(26)17-21(22)27-25/h3-11,14,17,20,27H,2,12-13,15-16H2,1H3. The molecule has 4 nitrogen and oxygen atoms in total. The molecule has 2 aliphatic heterocycles. The van der Waals surface area contributed by atoms with E-state index >= 15 is 0 Å². The van der Waals surface area contributed by atoms with Gasteiger partial charge in [-0.15, -0.1) is 0 Å². The Hall–Kier alpha value is -3.08. The van der Waals surface area contributed by atoms with Crippen molar-refractivity contribution in [1.29, 1.82) is 0 Å². The molecule has 0 aliphatic carbocycles. The lowest BCUT2D eigenvalue weighted by molar-refractivity contribution is -0.134. The largest absolute Gasteiger partial charge is 0.372 e. The summed E-state index contributed by atoms with van der Waals surface area (Å²) < 4.78 is 16.1. The minimum atomic E-state index is -0.282. The fourth-order valence-corrected chi connectivity index (χ4v) is 5.07. The average molecular weight is 404 g/mol. The Morgan fingerprint density at radius 1 is 1.10 bits per heavy atom. The van der Waals surface area contributed by atoms with Gasteiger partial charge in [-0.25, -0.2) is 4.39 Å². The normalized spacial score (nSPS) is 17.7. The van der Waals surface area contributed by atoms with Crippen LogP contribution in [0.5, 0.6) is 0 Å². The van der Waals surface area contributed by atoms with E-state index in [0.717, 1.165) is 36.2 Å². The molecule has 0 saturated carbocycles. The number of hydrogen-bond acceptors (Lipinski definition) is 2. The van der Waals surface area contributed by atoms with Crippen LogP contribution in [0.4, 0.5) is 10.1 Å². The Bertz CT molecular complexity index is 1070. The van der Waals surface area contributed by atoms with Crippen LogP contribution in [0.15, 0.2) is 66.9 Å². The van der Waals surface area contributed by atoms with Gasteiger partial charge in [-0.1, -0.05) is 37.3 Å². The van der Waals surface area contributed by atoms with Crippen LogP contribution in [0.1, 0.15) is 43.4 Å². The molecule has 3 aromatic rings. The first kappa shape index (κ1) is 18.9. The summed E-state index contributed by atoms with van der Waals surface area (Å²) in [5, 5.41) is 3.63. The number of carbonyl (C=O) groups is 1. The van der Waals surface area contributed by atoms with Crippen molar-refractivity contribution < 1.29 is 9.18 Å². The van der Waals surface area contributed by atoms with Crippen molar-refractivity contribution in [3.05, 3.63) is 83.9 Å². The molecule has 1 amide bonds. The number of aromatic nitrogens is 1. The number of carbonyl (C=O) groups excluding carboxylic acids is 1. The number of fused-ring (bicyclic) bond motifs is 4. The molecule has 1 atom stereocenters. The van der Waals surface area contributed by atoms with Crippen molar-refractivity contribution >= 4 is 11.6 Å². The Balaban J connectivity index is 1.39. The number of nitrogens with one attached hydrogen (secondary N) is 1. The smallest absolute Gasteiger partial charge is 0.230 e.